The zero-order chi connectivity index (χ0) is 11.0. The van der Waals surface area contributed by atoms with Crippen LogP contribution in [0.2, 0.25) is 0 Å². The molecule has 0 aliphatic rings. The highest BCUT2D eigenvalue weighted by Gasteiger charge is 2.09. The van der Waals surface area contributed by atoms with E-state index in [1.165, 1.54) is 12.3 Å². The number of pyridine rings is 1. The number of aromatic amines is 1. The largest absolute Gasteiger partial charge is 0.360 e. The first-order chi connectivity index (χ1) is 7.15. The van der Waals surface area contributed by atoms with E-state index in [-0.39, 0.29) is 17.4 Å². The summed E-state index contributed by atoms with van der Waals surface area (Å²) in [6.07, 6.45) is 1.54. The first-order valence-corrected chi connectivity index (χ1v) is 4.64. The molecular formula is C11H11FN2O. The number of hydrogen-bond donors (Lipinski definition) is 2. The molecule has 0 aliphatic carbocycles. The van der Waals surface area contributed by atoms with E-state index in [1.54, 1.807) is 6.07 Å². The Bertz CT molecular complexity index is 575. The minimum Gasteiger partial charge on any atom is -0.360 e. The number of rotatable bonds is 1. The second-order valence-corrected chi connectivity index (χ2v) is 3.46. The number of benzene rings is 1. The second-order valence-electron chi connectivity index (χ2n) is 3.46. The zero-order valence-corrected chi connectivity index (χ0v) is 8.30. The molecule has 0 saturated carbocycles. The Morgan fingerprint density at radius 1 is 1.47 bits per heavy atom. The molecule has 1 aromatic carbocycles. The van der Waals surface area contributed by atoms with Gasteiger partial charge in [-0.15, -0.1) is 0 Å². The van der Waals surface area contributed by atoms with Crippen LogP contribution < -0.4 is 11.2 Å². The maximum atomic E-state index is 13.5. The van der Waals surface area contributed by atoms with Crippen molar-refractivity contribution in [3.05, 3.63) is 45.5 Å². The van der Waals surface area contributed by atoms with Crippen LogP contribution in [0.5, 0.6) is 0 Å². The highest BCUT2D eigenvalue weighted by molar-refractivity contribution is 5.82. The third-order valence-corrected chi connectivity index (χ3v) is 2.49. The molecule has 3 N–H and O–H groups in total. The SMILES string of the molecule is Cc1ccc(F)c2c(=O)c(CN)c[nH]c12. The van der Waals surface area contributed by atoms with E-state index in [2.05, 4.69) is 4.98 Å². The Labute approximate surface area is 85.7 Å². The number of fused-ring (bicyclic) bond motifs is 1. The molecule has 0 spiro atoms. The monoisotopic (exact) mass is 206 g/mol. The summed E-state index contributed by atoms with van der Waals surface area (Å²) in [5, 5.41) is 0.0953. The number of halogens is 1. The van der Waals surface area contributed by atoms with Gasteiger partial charge in [0.25, 0.3) is 0 Å². The van der Waals surface area contributed by atoms with Crippen LogP contribution >= 0.6 is 0 Å². The molecule has 0 atom stereocenters. The molecule has 0 saturated heterocycles. The Hall–Kier alpha value is -1.68. The third kappa shape index (κ3) is 1.43. The summed E-state index contributed by atoms with van der Waals surface area (Å²) in [4.78, 5) is 14.7. The van der Waals surface area contributed by atoms with Crippen molar-refractivity contribution in [2.45, 2.75) is 13.5 Å². The lowest BCUT2D eigenvalue weighted by Crippen LogP contribution is -2.15. The van der Waals surface area contributed by atoms with Crippen molar-refractivity contribution in [2.24, 2.45) is 5.73 Å². The Balaban J connectivity index is 2.99. The topological polar surface area (TPSA) is 58.9 Å². The molecule has 15 heavy (non-hydrogen) atoms. The number of nitrogens with one attached hydrogen (secondary N) is 1. The van der Waals surface area contributed by atoms with Gasteiger partial charge in [0.05, 0.1) is 10.9 Å². The number of hydrogen-bond acceptors (Lipinski definition) is 2. The first kappa shape index (κ1) is 9.86. The van der Waals surface area contributed by atoms with Crippen LogP contribution in [0.25, 0.3) is 10.9 Å². The molecule has 0 fully saturated rings. The fraction of sp³-hybridized carbons (Fsp3) is 0.182. The average molecular weight is 206 g/mol. The van der Waals surface area contributed by atoms with Crippen molar-refractivity contribution in [3.8, 4) is 0 Å². The van der Waals surface area contributed by atoms with Crippen molar-refractivity contribution in [3.63, 3.8) is 0 Å². The lowest BCUT2D eigenvalue weighted by Gasteiger charge is -2.04. The van der Waals surface area contributed by atoms with E-state index in [9.17, 15) is 9.18 Å². The van der Waals surface area contributed by atoms with Crippen molar-refractivity contribution >= 4 is 10.9 Å². The van der Waals surface area contributed by atoms with Crippen LogP contribution in [0.1, 0.15) is 11.1 Å². The van der Waals surface area contributed by atoms with E-state index in [0.717, 1.165) is 5.56 Å². The van der Waals surface area contributed by atoms with Crippen molar-refractivity contribution in [1.29, 1.82) is 0 Å². The summed E-state index contributed by atoms with van der Waals surface area (Å²) in [6.45, 7) is 1.93. The molecule has 3 nitrogen and oxygen atoms in total. The molecule has 4 heteroatoms. The van der Waals surface area contributed by atoms with Gasteiger partial charge >= 0.3 is 0 Å². The molecule has 2 aromatic rings. The van der Waals surface area contributed by atoms with Crippen LogP contribution in [0.15, 0.2) is 23.1 Å². The van der Waals surface area contributed by atoms with Gasteiger partial charge in [0.15, 0.2) is 5.43 Å². The molecule has 0 unspecified atom stereocenters. The molecule has 0 radical (unpaired) electrons. The van der Waals surface area contributed by atoms with Crippen molar-refractivity contribution in [2.75, 3.05) is 0 Å². The lowest BCUT2D eigenvalue weighted by atomic mass is 10.1. The molecule has 0 aliphatic heterocycles. The molecule has 0 amide bonds. The predicted octanol–water partition coefficient (Wildman–Crippen LogP) is 1.43. The van der Waals surface area contributed by atoms with Crippen LogP contribution in [-0.4, -0.2) is 4.98 Å². The predicted molar refractivity (Wildman–Crippen MR) is 57.2 cm³/mol. The Kier molecular flexibility index (Phi) is 2.28. The van der Waals surface area contributed by atoms with E-state index in [4.69, 9.17) is 5.73 Å². The minimum absolute atomic E-state index is 0.0953. The van der Waals surface area contributed by atoms with E-state index in [0.29, 0.717) is 11.1 Å². The quantitative estimate of drug-likeness (QED) is 0.741. The van der Waals surface area contributed by atoms with Gasteiger partial charge in [-0.05, 0) is 18.6 Å². The Morgan fingerprint density at radius 3 is 2.87 bits per heavy atom. The highest BCUT2D eigenvalue weighted by Crippen LogP contribution is 2.16. The van der Waals surface area contributed by atoms with Gasteiger partial charge in [0.2, 0.25) is 0 Å². The van der Waals surface area contributed by atoms with E-state index in [1.807, 2.05) is 6.92 Å². The zero-order valence-electron chi connectivity index (χ0n) is 8.30. The van der Waals surface area contributed by atoms with Gasteiger partial charge in [-0.2, -0.15) is 0 Å². The Morgan fingerprint density at radius 2 is 2.20 bits per heavy atom. The van der Waals surface area contributed by atoms with Crippen molar-refractivity contribution in [1.82, 2.24) is 4.98 Å². The van der Waals surface area contributed by atoms with Crippen LogP contribution in [0.3, 0.4) is 0 Å². The number of aromatic nitrogens is 1. The lowest BCUT2D eigenvalue weighted by molar-refractivity contribution is 0.638. The van der Waals surface area contributed by atoms with Crippen LogP contribution in [-0.2, 0) is 6.54 Å². The maximum Gasteiger partial charge on any atom is 0.196 e. The standard InChI is InChI=1S/C11H11FN2O/c1-6-2-3-8(12)9-10(6)14-5-7(4-13)11(9)15/h2-3,5H,4,13H2,1H3,(H,14,15). The number of aryl methyl sites for hydroxylation is 1. The van der Waals surface area contributed by atoms with Gasteiger partial charge in [-0.3, -0.25) is 4.79 Å². The summed E-state index contributed by atoms with van der Waals surface area (Å²) >= 11 is 0. The van der Waals surface area contributed by atoms with Gasteiger partial charge in [0.1, 0.15) is 5.82 Å². The fourth-order valence-electron chi connectivity index (χ4n) is 1.63. The van der Waals surface area contributed by atoms with Gasteiger partial charge < -0.3 is 10.7 Å². The first-order valence-electron chi connectivity index (χ1n) is 4.64. The van der Waals surface area contributed by atoms with Gasteiger partial charge in [-0.1, -0.05) is 6.07 Å². The third-order valence-electron chi connectivity index (χ3n) is 2.49. The van der Waals surface area contributed by atoms with Crippen LogP contribution in [0, 0.1) is 12.7 Å². The molecule has 78 valence electrons. The number of H-pyrrole nitrogens is 1. The van der Waals surface area contributed by atoms with E-state index < -0.39 is 5.82 Å². The summed E-state index contributed by atoms with van der Waals surface area (Å²) in [5.74, 6) is -0.507. The smallest absolute Gasteiger partial charge is 0.196 e. The molecule has 1 aromatic heterocycles. The highest BCUT2D eigenvalue weighted by atomic mass is 19.1. The summed E-state index contributed by atoms with van der Waals surface area (Å²) < 4.78 is 13.5. The van der Waals surface area contributed by atoms with Crippen molar-refractivity contribution < 1.29 is 4.39 Å². The van der Waals surface area contributed by atoms with Crippen LogP contribution in [0.4, 0.5) is 4.39 Å². The van der Waals surface area contributed by atoms with Gasteiger partial charge in [-0.25, -0.2) is 4.39 Å². The second kappa shape index (κ2) is 3.47. The van der Waals surface area contributed by atoms with Gasteiger partial charge in [0, 0.05) is 18.3 Å². The maximum absolute atomic E-state index is 13.5. The molecule has 2 rings (SSSR count). The summed E-state index contributed by atoms with van der Waals surface area (Å²) in [6, 6.07) is 2.93. The number of nitrogens with two attached hydrogens (primary N) is 1. The van der Waals surface area contributed by atoms with E-state index >= 15 is 0 Å². The normalized spacial score (nSPS) is 10.9. The molecular weight excluding hydrogens is 195 g/mol. The molecule has 1 heterocycles. The summed E-state index contributed by atoms with van der Waals surface area (Å²) in [7, 11) is 0. The average Bonchev–Trinajstić information content (AvgIpc) is 2.23. The minimum atomic E-state index is -0.507. The molecule has 0 bridgehead atoms. The summed E-state index contributed by atoms with van der Waals surface area (Å²) in [5.41, 5.74) is 6.84. The fourth-order valence-corrected chi connectivity index (χ4v) is 1.63.